The first-order chi connectivity index (χ1) is 8.47. The minimum Gasteiger partial charge on any atom is -0.463 e. The molecule has 0 aromatic heterocycles. The molecule has 1 fully saturated rings. The molecule has 1 aliphatic carbocycles. The molecule has 0 aromatic rings. The third-order valence-electron chi connectivity index (χ3n) is 3.56. The van der Waals surface area contributed by atoms with Gasteiger partial charge in [-0.05, 0) is 31.0 Å². The van der Waals surface area contributed by atoms with E-state index in [9.17, 15) is 9.90 Å². The summed E-state index contributed by atoms with van der Waals surface area (Å²) in [5, 5.41) is 10.6. The average molecular weight is 315 g/mol. The quantitative estimate of drug-likeness (QED) is 0.495. The van der Waals surface area contributed by atoms with Gasteiger partial charge in [-0.1, -0.05) is 25.3 Å². The zero-order chi connectivity index (χ0) is 13.6. The minimum atomic E-state index is -1.09. The summed E-state index contributed by atoms with van der Waals surface area (Å²) in [7, 11) is 0. The van der Waals surface area contributed by atoms with Gasteiger partial charge in [0, 0.05) is 27.4 Å². The number of hydrogen-bond donors (Lipinski definition) is 1. The Labute approximate surface area is 117 Å². The van der Waals surface area contributed by atoms with Gasteiger partial charge < -0.3 is 9.84 Å². The van der Waals surface area contributed by atoms with Crippen LogP contribution in [0.1, 0.15) is 39.5 Å². The van der Waals surface area contributed by atoms with Gasteiger partial charge in [-0.25, -0.2) is 4.79 Å². The Morgan fingerprint density at radius 2 is 2.17 bits per heavy atom. The van der Waals surface area contributed by atoms with E-state index in [0.29, 0.717) is 13.0 Å². The summed E-state index contributed by atoms with van der Waals surface area (Å²) in [4.78, 5) is 14.0. The normalized spacial score (nSPS) is 31.8. The van der Waals surface area contributed by atoms with Gasteiger partial charge in [-0.3, -0.25) is 0 Å². The van der Waals surface area contributed by atoms with Crippen LogP contribution in [-0.4, -0.2) is 23.3 Å². The van der Waals surface area contributed by atoms with Gasteiger partial charge in [-0.2, -0.15) is 0 Å². The maximum absolute atomic E-state index is 11.4. The fourth-order valence-electron chi connectivity index (χ4n) is 2.31. The van der Waals surface area contributed by atoms with Crippen molar-refractivity contribution in [1.29, 1.82) is 0 Å². The molecule has 0 heterocycles. The first-order valence-corrected chi connectivity index (χ1v) is 6.98. The minimum absolute atomic E-state index is 0.353. The molecule has 0 amide bonds. The van der Waals surface area contributed by atoms with E-state index in [1.54, 1.807) is 13.0 Å². The van der Waals surface area contributed by atoms with Gasteiger partial charge in [0.25, 0.3) is 0 Å². The first kappa shape index (κ1) is 15.3. The number of rotatable bonds is 3. The van der Waals surface area contributed by atoms with Gasteiger partial charge in [0.2, 0.25) is 0 Å². The van der Waals surface area contributed by atoms with Crippen LogP contribution in [0, 0.1) is 16.2 Å². The number of carbonyl (C=O) groups excluding carboxylic acids is 1. The fourth-order valence-corrected chi connectivity index (χ4v) is 2.64. The second kappa shape index (κ2) is 6.40. The van der Waals surface area contributed by atoms with Crippen molar-refractivity contribution < 1.29 is 14.6 Å². The van der Waals surface area contributed by atoms with Crippen molar-refractivity contribution in [3.8, 4) is 10.8 Å². The molecule has 0 aromatic carbocycles. The highest BCUT2D eigenvalue weighted by Crippen LogP contribution is 2.45. The SMILES string of the molecule is CCOC(=O)/C=C/[C@@]1(C)CCCCC1(O)C#CBr. The van der Waals surface area contributed by atoms with Crippen LogP contribution in [-0.2, 0) is 9.53 Å². The van der Waals surface area contributed by atoms with Crippen molar-refractivity contribution >= 4 is 21.9 Å². The van der Waals surface area contributed by atoms with Gasteiger partial charge in [0.05, 0.1) is 6.61 Å². The van der Waals surface area contributed by atoms with Gasteiger partial charge in [0.1, 0.15) is 5.60 Å². The average Bonchev–Trinajstić information content (AvgIpc) is 2.32. The van der Waals surface area contributed by atoms with Crippen LogP contribution in [0.3, 0.4) is 0 Å². The van der Waals surface area contributed by atoms with Crippen LogP contribution in [0.4, 0.5) is 0 Å². The number of aliphatic hydroxyl groups is 1. The third-order valence-corrected chi connectivity index (χ3v) is 3.76. The molecule has 3 nitrogen and oxygen atoms in total. The second-order valence-electron chi connectivity index (χ2n) is 4.79. The zero-order valence-electron chi connectivity index (χ0n) is 10.8. The highest BCUT2D eigenvalue weighted by molar-refractivity contribution is 9.12. The largest absolute Gasteiger partial charge is 0.463 e. The summed E-state index contributed by atoms with van der Waals surface area (Å²) in [6.07, 6.45) is 6.53. The monoisotopic (exact) mass is 314 g/mol. The van der Waals surface area contributed by atoms with Crippen LogP contribution in [0.25, 0.3) is 0 Å². The summed E-state index contributed by atoms with van der Waals surface area (Å²) >= 11 is 3.04. The Bertz CT molecular complexity index is 394. The third kappa shape index (κ3) is 3.37. The van der Waals surface area contributed by atoms with Crippen molar-refractivity contribution in [1.82, 2.24) is 0 Å². The maximum atomic E-state index is 11.4. The molecule has 2 atom stereocenters. The topological polar surface area (TPSA) is 46.5 Å². The van der Waals surface area contributed by atoms with E-state index in [4.69, 9.17) is 4.74 Å². The van der Waals surface area contributed by atoms with Crippen molar-refractivity contribution in [3.05, 3.63) is 12.2 Å². The van der Waals surface area contributed by atoms with Crippen LogP contribution in [0.5, 0.6) is 0 Å². The molecule has 0 spiro atoms. The smallest absolute Gasteiger partial charge is 0.330 e. The summed E-state index contributed by atoms with van der Waals surface area (Å²) in [5.41, 5.74) is -1.60. The lowest BCUT2D eigenvalue weighted by molar-refractivity contribution is -0.137. The van der Waals surface area contributed by atoms with Gasteiger partial charge in [0.15, 0.2) is 0 Å². The van der Waals surface area contributed by atoms with E-state index in [2.05, 4.69) is 26.7 Å². The summed E-state index contributed by atoms with van der Waals surface area (Å²) < 4.78 is 4.85. The van der Waals surface area contributed by atoms with Crippen LogP contribution >= 0.6 is 15.9 Å². The summed E-state index contributed by atoms with van der Waals surface area (Å²) in [6.45, 7) is 4.05. The van der Waals surface area contributed by atoms with E-state index in [1.165, 1.54) is 6.08 Å². The Hall–Kier alpha value is -0.790. The lowest BCUT2D eigenvalue weighted by atomic mass is 9.64. The zero-order valence-corrected chi connectivity index (χ0v) is 12.4. The lowest BCUT2D eigenvalue weighted by Crippen LogP contribution is -2.46. The molecular weight excluding hydrogens is 296 g/mol. The molecule has 0 bridgehead atoms. The first-order valence-electron chi connectivity index (χ1n) is 6.18. The summed E-state index contributed by atoms with van der Waals surface area (Å²) in [5.74, 6) is 2.45. The molecule has 1 saturated carbocycles. The number of halogens is 1. The standard InChI is InChI=1S/C14H19BrO3/c1-3-18-12(16)6-9-13(2)7-4-5-8-14(13,17)10-11-15/h6,9,17H,3-5,7-8H2,1-2H3/b9-6+/t13-,14?/m1/s1. The molecule has 0 aliphatic heterocycles. The summed E-state index contributed by atoms with van der Waals surface area (Å²) in [6, 6.07) is 0. The van der Waals surface area contributed by atoms with Crippen molar-refractivity contribution in [2.24, 2.45) is 5.41 Å². The molecule has 1 aliphatic rings. The lowest BCUT2D eigenvalue weighted by Gasteiger charge is -2.43. The maximum Gasteiger partial charge on any atom is 0.330 e. The molecule has 1 N–H and O–H groups in total. The van der Waals surface area contributed by atoms with E-state index in [-0.39, 0.29) is 5.97 Å². The van der Waals surface area contributed by atoms with E-state index in [0.717, 1.165) is 19.3 Å². The fraction of sp³-hybridized carbons (Fsp3) is 0.643. The van der Waals surface area contributed by atoms with E-state index >= 15 is 0 Å². The van der Waals surface area contributed by atoms with Crippen molar-refractivity contribution in [2.75, 3.05) is 6.61 Å². The van der Waals surface area contributed by atoms with Crippen molar-refractivity contribution in [2.45, 2.75) is 45.1 Å². The molecule has 0 radical (unpaired) electrons. The molecular formula is C14H19BrO3. The molecule has 100 valence electrons. The molecule has 0 saturated heterocycles. The van der Waals surface area contributed by atoms with Gasteiger partial charge >= 0.3 is 5.97 Å². The highest BCUT2D eigenvalue weighted by atomic mass is 79.9. The molecule has 18 heavy (non-hydrogen) atoms. The Kier molecular flexibility index (Phi) is 5.43. The van der Waals surface area contributed by atoms with Crippen molar-refractivity contribution in [3.63, 3.8) is 0 Å². The Morgan fingerprint density at radius 3 is 2.78 bits per heavy atom. The van der Waals surface area contributed by atoms with Crippen LogP contribution in [0.15, 0.2) is 12.2 Å². The number of hydrogen-bond acceptors (Lipinski definition) is 3. The van der Waals surface area contributed by atoms with E-state index in [1.807, 2.05) is 6.92 Å². The number of carbonyl (C=O) groups is 1. The highest BCUT2D eigenvalue weighted by Gasteiger charge is 2.46. The Morgan fingerprint density at radius 1 is 1.50 bits per heavy atom. The number of ether oxygens (including phenoxy) is 1. The van der Waals surface area contributed by atoms with Crippen LogP contribution in [0.2, 0.25) is 0 Å². The molecule has 1 rings (SSSR count). The Balaban J connectivity index is 2.91. The van der Waals surface area contributed by atoms with Gasteiger partial charge in [-0.15, -0.1) is 0 Å². The van der Waals surface area contributed by atoms with Crippen LogP contribution < -0.4 is 0 Å². The van der Waals surface area contributed by atoms with E-state index < -0.39 is 11.0 Å². The molecule has 4 heteroatoms. The number of esters is 1. The second-order valence-corrected chi connectivity index (χ2v) is 5.19. The predicted molar refractivity (Wildman–Crippen MR) is 74.0 cm³/mol. The predicted octanol–water partition coefficient (Wildman–Crippen LogP) is 2.77. The molecule has 1 unspecified atom stereocenters.